The van der Waals surface area contributed by atoms with Crippen LogP contribution in [0.2, 0.25) is 0 Å². The Hall–Kier alpha value is -1.65. The lowest BCUT2D eigenvalue weighted by Crippen LogP contribution is -2.46. The average Bonchev–Trinajstić information content (AvgIpc) is 2.94. The largest absolute Gasteiger partial charge is 0.462 e. The molecule has 0 radical (unpaired) electrons. The topological polar surface area (TPSA) is 49.8 Å². The lowest BCUT2D eigenvalue weighted by atomic mass is 9.55. The van der Waals surface area contributed by atoms with Crippen LogP contribution in [-0.2, 0) is 15.1 Å². The third-order valence-electron chi connectivity index (χ3n) is 7.80. The number of carbonyl (C=O) groups excluding carboxylic acids is 1. The van der Waals surface area contributed by atoms with E-state index in [-0.39, 0.29) is 29.3 Å². The number of likely N-dealkylation sites (N-methyl/N-ethyl adjacent to an activating group) is 1. The minimum Gasteiger partial charge on any atom is -0.462 e. The van der Waals surface area contributed by atoms with Crippen LogP contribution in [0.5, 0.6) is 0 Å². The number of rotatable bonds is 5. The Morgan fingerprint density at radius 2 is 2.07 bits per heavy atom. The second-order valence-electron chi connectivity index (χ2n) is 10.2. The van der Waals surface area contributed by atoms with Gasteiger partial charge < -0.3 is 14.7 Å². The molecule has 3 aliphatic rings. The molecule has 0 bridgehead atoms. The fourth-order valence-electron chi connectivity index (χ4n) is 6.28. The number of allylic oxidation sites excluding steroid dienone is 1. The molecule has 0 spiro atoms. The lowest BCUT2D eigenvalue weighted by molar-refractivity contribution is -0.146. The molecule has 1 N–H and O–H groups in total. The van der Waals surface area contributed by atoms with Crippen molar-refractivity contribution in [2.45, 2.75) is 57.7 Å². The molecule has 1 aromatic rings. The van der Waals surface area contributed by atoms with Crippen LogP contribution in [0.3, 0.4) is 0 Å². The van der Waals surface area contributed by atoms with E-state index in [2.05, 4.69) is 18.4 Å². The van der Waals surface area contributed by atoms with Crippen molar-refractivity contribution in [1.82, 2.24) is 4.90 Å². The van der Waals surface area contributed by atoms with Crippen molar-refractivity contribution in [2.75, 3.05) is 20.1 Å². The van der Waals surface area contributed by atoms with E-state index >= 15 is 0 Å². The van der Waals surface area contributed by atoms with Crippen molar-refractivity contribution < 1.29 is 14.6 Å². The Balaban J connectivity index is 1.45. The fourth-order valence-corrected chi connectivity index (χ4v) is 6.28. The highest BCUT2D eigenvalue weighted by Crippen LogP contribution is 2.56. The number of hydrogen-bond acceptors (Lipinski definition) is 4. The molecule has 4 heteroatoms. The molecular formula is C25H35NO3. The summed E-state index contributed by atoms with van der Waals surface area (Å²) in [5.41, 5.74) is 1.54. The fraction of sp³-hybridized carbons (Fsp3) is 0.640. The van der Waals surface area contributed by atoms with Gasteiger partial charge in [0.25, 0.3) is 0 Å². The molecular weight excluding hydrogens is 362 g/mol. The van der Waals surface area contributed by atoms with Crippen molar-refractivity contribution >= 4 is 5.97 Å². The molecule has 1 aliphatic heterocycles. The van der Waals surface area contributed by atoms with Crippen molar-refractivity contribution in [2.24, 2.45) is 23.2 Å². The van der Waals surface area contributed by atoms with Gasteiger partial charge >= 0.3 is 5.97 Å². The number of fused-ring (bicyclic) bond motifs is 2. The molecule has 0 amide bonds. The Kier molecular flexibility index (Phi) is 5.37. The lowest BCUT2D eigenvalue weighted by Gasteiger charge is -2.50. The summed E-state index contributed by atoms with van der Waals surface area (Å²) >= 11 is 0. The van der Waals surface area contributed by atoms with Gasteiger partial charge in [-0.15, -0.1) is 0 Å². The summed E-state index contributed by atoms with van der Waals surface area (Å²) < 4.78 is 5.89. The van der Waals surface area contributed by atoms with Gasteiger partial charge in [-0.05, 0) is 63.0 Å². The molecule has 4 nitrogen and oxygen atoms in total. The average molecular weight is 398 g/mol. The summed E-state index contributed by atoms with van der Waals surface area (Å²) in [6.07, 6.45) is 5.56. The molecule has 1 saturated heterocycles. The maximum Gasteiger partial charge on any atom is 0.310 e. The molecule has 29 heavy (non-hydrogen) atoms. The van der Waals surface area contributed by atoms with E-state index in [0.29, 0.717) is 19.0 Å². The monoisotopic (exact) mass is 397 g/mol. The van der Waals surface area contributed by atoms with Crippen LogP contribution in [0.4, 0.5) is 0 Å². The zero-order chi connectivity index (χ0) is 20.8. The van der Waals surface area contributed by atoms with Gasteiger partial charge in [-0.25, -0.2) is 0 Å². The second-order valence-corrected chi connectivity index (χ2v) is 10.2. The summed E-state index contributed by atoms with van der Waals surface area (Å²) in [6, 6.07) is 9.74. The summed E-state index contributed by atoms with van der Waals surface area (Å²) in [7, 11) is 1.99. The standard InChI is InChI=1S/C25H35NO3/c1-17-9-8-12-24(2)14-22-19(13-21(17)24)20(23(27)29-22)15-26(4)16-25(3,28)18-10-6-5-7-11-18/h5-7,10-11,19-22,28H,1,8-9,12-16H2,2-4H3/t19-,20+,21-,22+,24+,25+/m0/s1. The summed E-state index contributed by atoms with van der Waals surface area (Å²) in [6.45, 7) is 9.68. The normalized spacial score (nSPS) is 36.3. The summed E-state index contributed by atoms with van der Waals surface area (Å²) in [5, 5.41) is 11.0. The Labute approximate surface area is 174 Å². The molecule has 6 atom stereocenters. The van der Waals surface area contributed by atoms with E-state index in [4.69, 9.17) is 4.74 Å². The van der Waals surface area contributed by atoms with Gasteiger partial charge in [-0.3, -0.25) is 4.79 Å². The Morgan fingerprint density at radius 1 is 1.34 bits per heavy atom. The molecule has 2 saturated carbocycles. The quantitative estimate of drug-likeness (QED) is 0.599. The van der Waals surface area contributed by atoms with Gasteiger partial charge in [0, 0.05) is 19.0 Å². The maximum atomic E-state index is 12.8. The van der Waals surface area contributed by atoms with Crippen molar-refractivity contribution in [3.05, 3.63) is 48.0 Å². The smallest absolute Gasteiger partial charge is 0.310 e. The molecule has 0 aromatic heterocycles. The van der Waals surface area contributed by atoms with E-state index in [1.54, 1.807) is 0 Å². The third kappa shape index (κ3) is 3.89. The van der Waals surface area contributed by atoms with Crippen LogP contribution in [0.1, 0.15) is 51.5 Å². The predicted molar refractivity (Wildman–Crippen MR) is 114 cm³/mol. The van der Waals surface area contributed by atoms with Gasteiger partial charge in [-0.2, -0.15) is 0 Å². The SMILES string of the molecule is C=C1CCC[C@]2(C)C[C@H]3OC(=O)[C@H](CN(C)C[C@@](C)(O)c4ccccc4)[C@@H]3C[C@@H]12. The van der Waals surface area contributed by atoms with Crippen LogP contribution in [-0.4, -0.2) is 42.2 Å². The minimum atomic E-state index is -0.958. The number of hydrogen-bond donors (Lipinski definition) is 1. The van der Waals surface area contributed by atoms with E-state index < -0.39 is 5.60 Å². The minimum absolute atomic E-state index is 0.0442. The van der Waals surface area contributed by atoms with Crippen LogP contribution in [0.25, 0.3) is 0 Å². The number of carbonyl (C=O) groups is 1. The second kappa shape index (κ2) is 7.55. The molecule has 158 valence electrons. The first-order valence-corrected chi connectivity index (χ1v) is 11.0. The molecule has 2 aliphatic carbocycles. The Bertz CT molecular complexity index is 774. The highest BCUT2D eigenvalue weighted by molar-refractivity contribution is 5.75. The molecule has 4 rings (SSSR count). The van der Waals surface area contributed by atoms with Crippen LogP contribution >= 0.6 is 0 Å². The highest BCUT2D eigenvalue weighted by Gasteiger charge is 2.55. The first-order chi connectivity index (χ1) is 13.7. The molecule has 1 heterocycles. The van der Waals surface area contributed by atoms with Crippen molar-refractivity contribution in [3.63, 3.8) is 0 Å². The zero-order valence-corrected chi connectivity index (χ0v) is 18.1. The van der Waals surface area contributed by atoms with E-state index in [0.717, 1.165) is 24.8 Å². The van der Waals surface area contributed by atoms with Gasteiger partial charge in [0.1, 0.15) is 6.10 Å². The predicted octanol–water partition coefficient (Wildman–Crippen LogP) is 4.14. The number of benzene rings is 1. The number of ether oxygens (including phenoxy) is 1. The van der Waals surface area contributed by atoms with Crippen molar-refractivity contribution in [1.29, 1.82) is 0 Å². The van der Waals surface area contributed by atoms with E-state index in [9.17, 15) is 9.90 Å². The molecule has 3 fully saturated rings. The number of nitrogens with zero attached hydrogens (tertiary/aromatic N) is 1. The highest BCUT2D eigenvalue weighted by atomic mass is 16.6. The van der Waals surface area contributed by atoms with Crippen LogP contribution < -0.4 is 0 Å². The van der Waals surface area contributed by atoms with Crippen LogP contribution in [0, 0.1) is 23.2 Å². The third-order valence-corrected chi connectivity index (χ3v) is 7.80. The van der Waals surface area contributed by atoms with Gasteiger partial charge in [0.2, 0.25) is 0 Å². The first kappa shape index (κ1) is 20.6. The van der Waals surface area contributed by atoms with E-state index in [1.165, 1.54) is 18.4 Å². The summed E-state index contributed by atoms with van der Waals surface area (Å²) in [5.74, 6) is 0.599. The zero-order valence-electron chi connectivity index (χ0n) is 18.1. The summed E-state index contributed by atoms with van der Waals surface area (Å²) in [4.78, 5) is 14.9. The van der Waals surface area contributed by atoms with Gasteiger partial charge in [0.05, 0.1) is 11.5 Å². The van der Waals surface area contributed by atoms with Gasteiger partial charge in [0.15, 0.2) is 0 Å². The Morgan fingerprint density at radius 3 is 2.79 bits per heavy atom. The van der Waals surface area contributed by atoms with E-state index in [1.807, 2.05) is 44.3 Å². The van der Waals surface area contributed by atoms with Crippen LogP contribution in [0.15, 0.2) is 42.5 Å². The maximum absolute atomic E-state index is 12.8. The van der Waals surface area contributed by atoms with Crippen molar-refractivity contribution in [3.8, 4) is 0 Å². The molecule has 1 aromatic carbocycles. The molecule has 0 unspecified atom stereocenters. The number of esters is 1. The number of aliphatic hydroxyl groups is 1. The first-order valence-electron chi connectivity index (χ1n) is 11.0. The van der Waals surface area contributed by atoms with Gasteiger partial charge in [-0.1, -0.05) is 49.4 Å².